The molecule has 1 aromatic heterocycles. The normalized spacial score (nSPS) is 18.9. The van der Waals surface area contributed by atoms with Crippen LogP contribution in [-0.2, 0) is 4.79 Å². The monoisotopic (exact) mass is 268 g/mol. The Kier molecular flexibility index (Phi) is 4.33. The zero-order chi connectivity index (χ0) is 13.0. The SMILES string of the molecule is O=C(NCC(=O)N1CCCC1CO)c1cccs1. The third-order valence-corrected chi connectivity index (χ3v) is 3.92. The van der Waals surface area contributed by atoms with Gasteiger partial charge in [-0.25, -0.2) is 0 Å². The van der Waals surface area contributed by atoms with Gasteiger partial charge in [-0.1, -0.05) is 6.07 Å². The first-order valence-corrected chi connectivity index (χ1v) is 6.82. The molecule has 2 N–H and O–H groups in total. The number of nitrogens with one attached hydrogen (secondary N) is 1. The molecule has 1 fully saturated rings. The molecule has 2 heterocycles. The quantitative estimate of drug-likeness (QED) is 0.833. The maximum absolute atomic E-state index is 11.9. The van der Waals surface area contributed by atoms with Gasteiger partial charge in [-0.3, -0.25) is 9.59 Å². The highest BCUT2D eigenvalue weighted by Crippen LogP contribution is 2.16. The van der Waals surface area contributed by atoms with E-state index < -0.39 is 0 Å². The summed E-state index contributed by atoms with van der Waals surface area (Å²) in [5.74, 6) is -0.352. The lowest BCUT2D eigenvalue weighted by Crippen LogP contribution is -2.43. The van der Waals surface area contributed by atoms with E-state index in [1.54, 1.807) is 17.0 Å². The predicted octanol–water partition coefficient (Wildman–Crippen LogP) is 0.461. The fourth-order valence-electron chi connectivity index (χ4n) is 2.11. The lowest BCUT2D eigenvalue weighted by atomic mass is 10.2. The maximum Gasteiger partial charge on any atom is 0.261 e. The van der Waals surface area contributed by atoms with Crippen LogP contribution >= 0.6 is 11.3 Å². The second-order valence-corrected chi connectivity index (χ2v) is 5.17. The Balaban J connectivity index is 1.83. The Hall–Kier alpha value is -1.40. The Bertz CT molecular complexity index is 419. The van der Waals surface area contributed by atoms with Crippen LogP contribution in [0.1, 0.15) is 22.5 Å². The van der Waals surface area contributed by atoms with Crippen molar-refractivity contribution < 1.29 is 14.7 Å². The molecule has 18 heavy (non-hydrogen) atoms. The summed E-state index contributed by atoms with van der Waals surface area (Å²) in [7, 11) is 0. The Labute approximate surface area is 109 Å². The van der Waals surface area contributed by atoms with E-state index in [0.29, 0.717) is 11.4 Å². The zero-order valence-corrected chi connectivity index (χ0v) is 10.8. The van der Waals surface area contributed by atoms with Gasteiger partial charge in [-0.15, -0.1) is 11.3 Å². The molecule has 0 spiro atoms. The van der Waals surface area contributed by atoms with E-state index in [2.05, 4.69) is 5.32 Å². The fourth-order valence-corrected chi connectivity index (χ4v) is 2.75. The van der Waals surface area contributed by atoms with Crippen LogP contribution in [0.2, 0.25) is 0 Å². The number of hydrogen-bond acceptors (Lipinski definition) is 4. The van der Waals surface area contributed by atoms with Crippen molar-refractivity contribution in [3.8, 4) is 0 Å². The van der Waals surface area contributed by atoms with Gasteiger partial charge in [0.25, 0.3) is 5.91 Å². The summed E-state index contributed by atoms with van der Waals surface area (Å²) in [6.45, 7) is 0.650. The van der Waals surface area contributed by atoms with Gasteiger partial charge in [0.15, 0.2) is 0 Å². The third kappa shape index (κ3) is 2.88. The number of thiophene rings is 1. The van der Waals surface area contributed by atoms with Gasteiger partial charge in [0.1, 0.15) is 0 Å². The van der Waals surface area contributed by atoms with Gasteiger partial charge >= 0.3 is 0 Å². The number of rotatable bonds is 4. The second-order valence-electron chi connectivity index (χ2n) is 4.23. The van der Waals surface area contributed by atoms with E-state index in [0.717, 1.165) is 12.8 Å². The summed E-state index contributed by atoms with van der Waals surface area (Å²) in [6, 6.07) is 3.43. The van der Waals surface area contributed by atoms with Crippen molar-refractivity contribution >= 4 is 23.2 Å². The summed E-state index contributed by atoms with van der Waals surface area (Å²) in [5, 5.41) is 13.6. The molecule has 0 saturated carbocycles. The van der Waals surface area contributed by atoms with Gasteiger partial charge in [0.2, 0.25) is 5.91 Å². The highest BCUT2D eigenvalue weighted by molar-refractivity contribution is 7.12. The molecule has 1 aliphatic heterocycles. The van der Waals surface area contributed by atoms with Crippen molar-refractivity contribution in [1.29, 1.82) is 0 Å². The average molecular weight is 268 g/mol. The molecule has 6 heteroatoms. The van der Waals surface area contributed by atoms with Crippen LogP contribution in [0.5, 0.6) is 0 Å². The lowest BCUT2D eigenvalue weighted by molar-refractivity contribution is -0.131. The van der Waals surface area contributed by atoms with E-state index >= 15 is 0 Å². The van der Waals surface area contributed by atoms with Crippen LogP contribution in [0.3, 0.4) is 0 Å². The molecule has 1 unspecified atom stereocenters. The van der Waals surface area contributed by atoms with Gasteiger partial charge < -0.3 is 15.3 Å². The predicted molar refractivity (Wildman–Crippen MR) is 68.5 cm³/mol. The molecule has 0 aliphatic carbocycles. The number of aliphatic hydroxyl groups excluding tert-OH is 1. The van der Waals surface area contributed by atoms with E-state index in [9.17, 15) is 9.59 Å². The minimum Gasteiger partial charge on any atom is -0.394 e. The highest BCUT2D eigenvalue weighted by atomic mass is 32.1. The van der Waals surface area contributed by atoms with E-state index in [1.165, 1.54) is 11.3 Å². The molecule has 2 rings (SSSR count). The van der Waals surface area contributed by atoms with Crippen LogP contribution in [0.4, 0.5) is 0 Å². The molecule has 0 radical (unpaired) electrons. The van der Waals surface area contributed by atoms with Gasteiger partial charge in [0.05, 0.1) is 24.1 Å². The zero-order valence-electron chi connectivity index (χ0n) is 9.96. The first-order chi connectivity index (χ1) is 8.72. The number of aliphatic hydroxyl groups is 1. The van der Waals surface area contributed by atoms with Gasteiger partial charge in [0, 0.05) is 6.54 Å². The van der Waals surface area contributed by atoms with E-state index in [4.69, 9.17) is 5.11 Å². The number of carbonyl (C=O) groups excluding carboxylic acids is 2. The molecule has 5 nitrogen and oxygen atoms in total. The Morgan fingerprint density at radius 3 is 3.06 bits per heavy atom. The van der Waals surface area contributed by atoms with Crippen molar-refractivity contribution in [2.75, 3.05) is 19.7 Å². The average Bonchev–Trinajstić information content (AvgIpc) is 3.04. The van der Waals surface area contributed by atoms with Crippen LogP contribution in [0, 0.1) is 0 Å². The third-order valence-electron chi connectivity index (χ3n) is 3.05. The number of nitrogens with zero attached hydrogens (tertiary/aromatic N) is 1. The molecular formula is C12H16N2O3S. The summed E-state index contributed by atoms with van der Waals surface area (Å²) in [5.41, 5.74) is 0. The summed E-state index contributed by atoms with van der Waals surface area (Å²) in [6.07, 6.45) is 1.75. The molecule has 1 aliphatic rings. The minimum absolute atomic E-state index is 0.00671. The summed E-state index contributed by atoms with van der Waals surface area (Å²) >= 11 is 1.34. The maximum atomic E-state index is 11.9. The molecule has 1 aromatic rings. The molecule has 1 saturated heterocycles. The molecular weight excluding hydrogens is 252 g/mol. The molecule has 98 valence electrons. The fraction of sp³-hybridized carbons (Fsp3) is 0.500. The number of carbonyl (C=O) groups is 2. The lowest BCUT2D eigenvalue weighted by Gasteiger charge is -2.23. The number of amides is 2. The van der Waals surface area contributed by atoms with Crippen LogP contribution < -0.4 is 5.32 Å². The molecule has 1 atom stereocenters. The van der Waals surface area contributed by atoms with Crippen molar-refractivity contribution in [3.05, 3.63) is 22.4 Å². The standard InChI is InChI=1S/C12H16N2O3S/c15-8-9-3-1-5-14(9)11(16)7-13-12(17)10-4-2-6-18-10/h2,4,6,9,15H,1,3,5,7-8H2,(H,13,17). The first kappa shape index (κ1) is 13.0. The van der Waals surface area contributed by atoms with Crippen molar-refractivity contribution in [2.45, 2.75) is 18.9 Å². The van der Waals surface area contributed by atoms with Gasteiger partial charge in [-0.05, 0) is 24.3 Å². The Morgan fingerprint density at radius 2 is 2.39 bits per heavy atom. The topological polar surface area (TPSA) is 69.6 Å². The van der Waals surface area contributed by atoms with Crippen LogP contribution in [0.15, 0.2) is 17.5 Å². The second kappa shape index (κ2) is 5.97. The van der Waals surface area contributed by atoms with Crippen molar-refractivity contribution in [2.24, 2.45) is 0 Å². The van der Waals surface area contributed by atoms with Crippen molar-refractivity contribution in [3.63, 3.8) is 0 Å². The Morgan fingerprint density at radius 1 is 1.56 bits per heavy atom. The minimum atomic E-state index is -0.224. The number of hydrogen-bond donors (Lipinski definition) is 2. The molecule has 2 amide bonds. The number of likely N-dealkylation sites (tertiary alicyclic amines) is 1. The van der Waals surface area contributed by atoms with Gasteiger partial charge in [-0.2, -0.15) is 0 Å². The smallest absolute Gasteiger partial charge is 0.261 e. The summed E-state index contributed by atoms with van der Waals surface area (Å²) < 4.78 is 0. The van der Waals surface area contributed by atoms with Crippen molar-refractivity contribution in [1.82, 2.24) is 10.2 Å². The molecule has 0 aromatic carbocycles. The van der Waals surface area contributed by atoms with E-state index in [-0.39, 0.29) is 31.0 Å². The van der Waals surface area contributed by atoms with Crippen LogP contribution in [-0.4, -0.2) is 47.6 Å². The highest BCUT2D eigenvalue weighted by Gasteiger charge is 2.27. The summed E-state index contributed by atoms with van der Waals surface area (Å²) in [4.78, 5) is 25.8. The largest absolute Gasteiger partial charge is 0.394 e. The molecule has 0 bridgehead atoms. The van der Waals surface area contributed by atoms with E-state index in [1.807, 2.05) is 5.38 Å². The van der Waals surface area contributed by atoms with Crippen LogP contribution in [0.25, 0.3) is 0 Å². The first-order valence-electron chi connectivity index (χ1n) is 5.94.